The molecule has 110 valence electrons. The maximum atomic E-state index is 11.0. The van der Waals surface area contributed by atoms with E-state index in [4.69, 9.17) is 5.73 Å². The van der Waals surface area contributed by atoms with Gasteiger partial charge in [-0.25, -0.2) is 0 Å². The van der Waals surface area contributed by atoms with Crippen LogP contribution >= 0.6 is 0 Å². The first-order chi connectivity index (χ1) is 9.27. The predicted molar refractivity (Wildman–Crippen MR) is 82.0 cm³/mol. The van der Waals surface area contributed by atoms with Crippen molar-refractivity contribution < 1.29 is 4.79 Å². The Morgan fingerprint density at radius 2 is 2.00 bits per heavy atom. The molecule has 0 saturated heterocycles. The summed E-state index contributed by atoms with van der Waals surface area (Å²) in [5.74, 6) is 1.93. The van der Waals surface area contributed by atoms with Crippen molar-refractivity contribution >= 4 is 5.78 Å². The van der Waals surface area contributed by atoms with E-state index in [1.54, 1.807) is 6.08 Å². The van der Waals surface area contributed by atoms with Crippen molar-refractivity contribution in [3.63, 3.8) is 0 Å². The molecule has 0 bridgehead atoms. The number of nitrogens with two attached hydrogens (primary N) is 1. The number of carbonyl (C=O) groups excluding carboxylic acids is 1. The molecule has 0 amide bonds. The third kappa shape index (κ3) is 6.91. The first kappa shape index (κ1) is 16.4. The maximum absolute atomic E-state index is 11.0. The van der Waals surface area contributed by atoms with Gasteiger partial charge in [-0.1, -0.05) is 57.9 Å². The van der Waals surface area contributed by atoms with Gasteiger partial charge in [0.15, 0.2) is 5.78 Å². The van der Waals surface area contributed by atoms with Crippen LogP contribution in [0, 0.1) is 11.8 Å². The van der Waals surface area contributed by atoms with E-state index in [0.29, 0.717) is 0 Å². The first-order valence-corrected chi connectivity index (χ1v) is 8.17. The first-order valence-electron chi connectivity index (χ1n) is 8.17. The summed E-state index contributed by atoms with van der Waals surface area (Å²) in [6.45, 7) is 2.44. The molecule has 19 heavy (non-hydrogen) atoms. The summed E-state index contributed by atoms with van der Waals surface area (Å²) in [6, 6.07) is 0. The summed E-state index contributed by atoms with van der Waals surface area (Å²) in [6.07, 6.45) is 17.1. The highest BCUT2D eigenvalue weighted by Gasteiger charge is 2.22. The number of allylic oxidation sites excluding steroid dienone is 1. The van der Waals surface area contributed by atoms with Gasteiger partial charge in [-0.05, 0) is 37.2 Å². The van der Waals surface area contributed by atoms with Crippen molar-refractivity contribution in [3.05, 3.63) is 12.2 Å². The summed E-state index contributed by atoms with van der Waals surface area (Å²) in [7, 11) is 0. The van der Waals surface area contributed by atoms with Crippen LogP contribution in [0.4, 0.5) is 0 Å². The van der Waals surface area contributed by atoms with Crippen LogP contribution < -0.4 is 5.73 Å². The minimum Gasteiger partial charge on any atom is -0.324 e. The van der Waals surface area contributed by atoms with Gasteiger partial charge in [0.1, 0.15) is 0 Å². The summed E-state index contributed by atoms with van der Waals surface area (Å²) in [4.78, 5) is 11.0. The van der Waals surface area contributed by atoms with Crippen LogP contribution in [0.25, 0.3) is 0 Å². The Bertz CT molecular complexity index is 266. The van der Waals surface area contributed by atoms with Crippen LogP contribution in [0.2, 0.25) is 0 Å². The average molecular weight is 265 g/mol. The second kappa shape index (κ2) is 10.2. The summed E-state index contributed by atoms with van der Waals surface area (Å²) in [5, 5.41) is 0. The van der Waals surface area contributed by atoms with Crippen LogP contribution in [0.15, 0.2) is 12.2 Å². The lowest BCUT2D eigenvalue weighted by atomic mass is 9.76. The van der Waals surface area contributed by atoms with Crippen molar-refractivity contribution in [2.75, 3.05) is 6.54 Å². The fourth-order valence-corrected chi connectivity index (χ4v) is 3.37. The number of ketones is 1. The van der Waals surface area contributed by atoms with E-state index >= 15 is 0 Å². The van der Waals surface area contributed by atoms with Gasteiger partial charge >= 0.3 is 0 Å². The second-order valence-corrected chi connectivity index (χ2v) is 5.95. The fraction of sp³-hybridized carbons (Fsp3) is 0.824. The minimum atomic E-state index is 0.0392. The van der Waals surface area contributed by atoms with E-state index < -0.39 is 0 Å². The summed E-state index contributed by atoms with van der Waals surface area (Å²) >= 11 is 0. The number of rotatable bonds is 9. The van der Waals surface area contributed by atoms with Crippen LogP contribution in [-0.2, 0) is 4.79 Å². The molecule has 2 heteroatoms. The predicted octanol–water partition coefficient (Wildman–Crippen LogP) is 4.24. The molecule has 0 aliphatic heterocycles. The van der Waals surface area contributed by atoms with Crippen LogP contribution in [0.1, 0.15) is 71.1 Å². The standard InChI is InChI=1S/C17H31NO/c1-2-9-15(16-11-5-3-6-12-16)10-7-4-8-13-17(19)14-18/h8,13,15-16H,2-7,9-12,14,18H2,1H3/b13-8+. The number of unbranched alkanes of at least 4 members (excludes halogenated alkanes) is 1. The lowest BCUT2D eigenvalue weighted by molar-refractivity contribution is -0.113. The molecule has 1 fully saturated rings. The molecule has 0 aromatic heterocycles. The molecular formula is C17H31NO. The summed E-state index contributed by atoms with van der Waals surface area (Å²) in [5.41, 5.74) is 5.27. The van der Waals surface area contributed by atoms with Gasteiger partial charge in [-0.3, -0.25) is 4.79 Å². The Balaban J connectivity index is 2.25. The van der Waals surface area contributed by atoms with E-state index in [0.717, 1.165) is 18.3 Å². The Kier molecular flexibility index (Phi) is 8.81. The zero-order valence-corrected chi connectivity index (χ0v) is 12.6. The Morgan fingerprint density at radius 1 is 1.26 bits per heavy atom. The van der Waals surface area contributed by atoms with Crippen molar-refractivity contribution in [2.45, 2.75) is 71.1 Å². The minimum absolute atomic E-state index is 0.0392. The highest BCUT2D eigenvalue weighted by molar-refractivity contribution is 5.91. The normalized spacial score (nSPS) is 18.8. The number of hydrogen-bond acceptors (Lipinski definition) is 2. The van der Waals surface area contributed by atoms with Gasteiger partial charge < -0.3 is 5.73 Å². The molecule has 1 unspecified atom stereocenters. The molecule has 1 atom stereocenters. The van der Waals surface area contributed by atoms with Gasteiger partial charge in [-0.2, -0.15) is 0 Å². The molecule has 1 aliphatic carbocycles. The zero-order valence-electron chi connectivity index (χ0n) is 12.6. The molecule has 1 rings (SSSR count). The van der Waals surface area contributed by atoms with E-state index in [-0.39, 0.29) is 12.3 Å². The lowest BCUT2D eigenvalue weighted by Crippen LogP contribution is -2.18. The topological polar surface area (TPSA) is 43.1 Å². The smallest absolute Gasteiger partial charge is 0.168 e. The molecule has 0 heterocycles. The quantitative estimate of drug-likeness (QED) is 0.500. The molecule has 0 spiro atoms. The largest absolute Gasteiger partial charge is 0.324 e. The molecule has 0 radical (unpaired) electrons. The van der Waals surface area contributed by atoms with E-state index in [2.05, 4.69) is 6.92 Å². The monoisotopic (exact) mass is 265 g/mol. The van der Waals surface area contributed by atoms with Gasteiger partial charge in [0.25, 0.3) is 0 Å². The lowest BCUT2D eigenvalue weighted by Gasteiger charge is -2.30. The third-order valence-corrected chi connectivity index (χ3v) is 4.43. The van der Waals surface area contributed by atoms with Gasteiger partial charge in [0.2, 0.25) is 0 Å². The Morgan fingerprint density at radius 3 is 2.63 bits per heavy atom. The SMILES string of the molecule is CCCC(CCC/C=C/C(=O)CN)C1CCCCC1. The molecule has 0 aromatic rings. The number of carbonyl (C=O) groups is 1. The molecule has 1 aliphatic rings. The molecular weight excluding hydrogens is 234 g/mol. The summed E-state index contributed by atoms with van der Waals surface area (Å²) < 4.78 is 0. The van der Waals surface area contributed by atoms with E-state index in [1.807, 2.05) is 6.08 Å². The van der Waals surface area contributed by atoms with Crippen molar-refractivity contribution in [3.8, 4) is 0 Å². The molecule has 2 N–H and O–H groups in total. The highest BCUT2D eigenvalue weighted by atomic mass is 16.1. The van der Waals surface area contributed by atoms with Crippen molar-refractivity contribution in [1.82, 2.24) is 0 Å². The second-order valence-electron chi connectivity index (χ2n) is 5.95. The maximum Gasteiger partial charge on any atom is 0.168 e. The van der Waals surface area contributed by atoms with Crippen molar-refractivity contribution in [1.29, 1.82) is 0 Å². The molecule has 0 aromatic carbocycles. The van der Waals surface area contributed by atoms with Gasteiger partial charge in [-0.15, -0.1) is 0 Å². The van der Waals surface area contributed by atoms with Crippen LogP contribution in [0.5, 0.6) is 0 Å². The van der Waals surface area contributed by atoms with E-state index in [9.17, 15) is 4.79 Å². The third-order valence-electron chi connectivity index (χ3n) is 4.43. The van der Waals surface area contributed by atoms with Gasteiger partial charge in [0, 0.05) is 0 Å². The van der Waals surface area contributed by atoms with Crippen LogP contribution in [-0.4, -0.2) is 12.3 Å². The van der Waals surface area contributed by atoms with E-state index in [1.165, 1.54) is 57.8 Å². The average Bonchev–Trinajstić information content (AvgIpc) is 2.46. The fourth-order valence-electron chi connectivity index (χ4n) is 3.37. The van der Waals surface area contributed by atoms with Crippen LogP contribution in [0.3, 0.4) is 0 Å². The number of hydrogen-bond donors (Lipinski definition) is 1. The molecule has 1 saturated carbocycles. The van der Waals surface area contributed by atoms with Crippen molar-refractivity contribution in [2.24, 2.45) is 17.6 Å². The zero-order chi connectivity index (χ0) is 13.9. The highest BCUT2D eigenvalue weighted by Crippen LogP contribution is 2.35. The molecule has 2 nitrogen and oxygen atoms in total. The Hall–Kier alpha value is -0.630. The van der Waals surface area contributed by atoms with Gasteiger partial charge in [0.05, 0.1) is 6.54 Å². The Labute approximate surface area is 118 Å².